The molecule has 22 heavy (non-hydrogen) atoms. The Bertz CT molecular complexity index is 841. The molecule has 112 valence electrons. The van der Waals surface area contributed by atoms with E-state index in [-0.39, 0.29) is 17.4 Å². The lowest BCUT2D eigenvalue weighted by molar-refractivity contribution is 0.102. The van der Waals surface area contributed by atoms with E-state index in [4.69, 9.17) is 10.2 Å². The molecule has 0 bridgehead atoms. The molecule has 7 heteroatoms. The molecule has 3 N–H and O–H groups in total. The second-order valence-electron chi connectivity index (χ2n) is 5.13. The second kappa shape index (κ2) is 5.44. The van der Waals surface area contributed by atoms with E-state index in [1.807, 2.05) is 13.8 Å². The zero-order chi connectivity index (χ0) is 15.7. The van der Waals surface area contributed by atoms with Crippen molar-refractivity contribution in [3.8, 4) is 0 Å². The number of nitrogens with one attached hydrogen (secondary N) is 1. The maximum atomic E-state index is 12.1. The van der Waals surface area contributed by atoms with E-state index in [0.717, 1.165) is 0 Å². The SMILES string of the molecule is CC(C)c1nc2cc(NC(=O)c3nccnc3N)ccc2o1. The molecule has 0 spiro atoms. The first-order chi connectivity index (χ1) is 10.5. The molecule has 1 amide bonds. The summed E-state index contributed by atoms with van der Waals surface area (Å²) in [6.45, 7) is 4.01. The Labute approximate surface area is 126 Å². The molecule has 3 aromatic rings. The van der Waals surface area contributed by atoms with Crippen LogP contribution in [0.3, 0.4) is 0 Å². The smallest absolute Gasteiger partial charge is 0.278 e. The van der Waals surface area contributed by atoms with E-state index in [1.54, 1.807) is 18.2 Å². The molecule has 0 aliphatic carbocycles. The third kappa shape index (κ3) is 2.60. The molecule has 0 aliphatic rings. The highest BCUT2D eigenvalue weighted by Gasteiger charge is 2.14. The molecule has 2 aromatic heterocycles. The fourth-order valence-electron chi connectivity index (χ4n) is 1.98. The van der Waals surface area contributed by atoms with Crippen LogP contribution in [-0.2, 0) is 0 Å². The van der Waals surface area contributed by atoms with Gasteiger partial charge in [0.05, 0.1) is 0 Å². The molecule has 0 radical (unpaired) electrons. The first-order valence-electron chi connectivity index (χ1n) is 6.83. The van der Waals surface area contributed by atoms with E-state index in [2.05, 4.69) is 20.3 Å². The number of nitrogen functional groups attached to an aromatic ring is 1. The van der Waals surface area contributed by atoms with Gasteiger partial charge in [-0.05, 0) is 18.2 Å². The van der Waals surface area contributed by atoms with Gasteiger partial charge in [0.2, 0.25) is 0 Å². The lowest BCUT2D eigenvalue weighted by Gasteiger charge is -2.05. The second-order valence-corrected chi connectivity index (χ2v) is 5.13. The van der Waals surface area contributed by atoms with Crippen molar-refractivity contribution in [1.82, 2.24) is 15.0 Å². The van der Waals surface area contributed by atoms with Gasteiger partial charge in [0, 0.05) is 24.0 Å². The normalized spacial score (nSPS) is 11.0. The number of oxazole rings is 1. The maximum absolute atomic E-state index is 12.1. The molecule has 0 saturated carbocycles. The van der Waals surface area contributed by atoms with Crippen molar-refractivity contribution in [2.24, 2.45) is 0 Å². The highest BCUT2D eigenvalue weighted by Crippen LogP contribution is 2.24. The molecule has 0 aliphatic heterocycles. The van der Waals surface area contributed by atoms with Gasteiger partial charge in [-0.15, -0.1) is 0 Å². The summed E-state index contributed by atoms with van der Waals surface area (Å²) in [6.07, 6.45) is 2.85. The molecule has 7 nitrogen and oxygen atoms in total. The molecule has 0 saturated heterocycles. The van der Waals surface area contributed by atoms with Crippen LogP contribution >= 0.6 is 0 Å². The van der Waals surface area contributed by atoms with Gasteiger partial charge in [0.15, 0.2) is 23.0 Å². The highest BCUT2D eigenvalue weighted by atomic mass is 16.3. The van der Waals surface area contributed by atoms with Crippen LogP contribution in [0.25, 0.3) is 11.1 Å². The Morgan fingerprint density at radius 3 is 2.77 bits per heavy atom. The zero-order valence-electron chi connectivity index (χ0n) is 12.2. The number of nitrogens with zero attached hydrogens (tertiary/aromatic N) is 3. The van der Waals surface area contributed by atoms with Gasteiger partial charge in [0.25, 0.3) is 5.91 Å². The van der Waals surface area contributed by atoms with Crippen LogP contribution in [0.1, 0.15) is 36.1 Å². The van der Waals surface area contributed by atoms with E-state index in [1.165, 1.54) is 12.4 Å². The van der Waals surface area contributed by atoms with Crippen LogP contribution in [0.5, 0.6) is 0 Å². The minimum absolute atomic E-state index is 0.0876. The number of carbonyl (C=O) groups is 1. The number of carbonyl (C=O) groups excluding carboxylic acids is 1. The molecule has 2 heterocycles. The number of nitrogens with two attached hydrogens (primary N) is 1. The summed E-state index contributed by atoms with van der Waals surface area (Å²) in [4.78, 5) is 24.3. The number of benzene rings is 1. The molecule has 0 fully saturated rings. The minimum Gasteiger partial charge on any atom is -0.440 e. The molecule has 1 aromatic carbocycles. The van der Waals surface area contributed by atoms with Crippen LogP contribution < -0.4 is 11.1 Å². The van der Waals surface area contributed by atoms with Crippen LogP contribution in [0.2, 0.25) is 0 Å². The molecular weight excluding hydrogens is 282 g/mol. The van der Waals surface area contributed by atoms with Crippen LogP contribution in [0, 0.1) is 0 Å². The van der Waals surface area contributed by atoms with Crippen molar-refractivity contribution in [3.63, 3.8) is 0 Å². The van der Waals surface area contributed by atoms with Gasteiger partial charge in [-0.2, -0.15) is 0 Å². The standard InChI is InChI=1S/C15H15N5O2/c1-8(2)15-20-10-7-9(3-4-11(10)22-15)19-14(21)12-13(16)18-6-5-17-12/h3-8H,1-2H3,(H2,16,18)(H,19,21). The number of hydrogen-bond donors (Lipinski definition) is 2. The van der Waals surface area contributed by atoms with Crippen LogP contribution in [0.15, 0.2) is 35.0 Å². The van der Waals surface area contributed by atoms with Crippen molar-refractivity contribution >= 4 is 28.5 Å². The summed E-state index contributed by atoms with van der Waals surface area (Å²) in [6, 6.07) is 5.25. The monoisotopic (exact) mass is 297 g/mol. The first-order valence-corrected chi connectivity index (χ1v) is 6.83. The van der Waals surface area contributed by atoms with Crippen LogP contribution in [0.4, 0.5) is 11.5 Å². The van der Waals surface area contributed by atoms with E-state index >= 15 is 0 Å². The average Bonchev–Trinajstić information content (AvgIpc) is 2.91. The van der Waals surface area contributed by atoms with Crippen LogP contribution in [-0.4, -0.2) is 20.9 Å². The maximum Gasteiger partial charge on any atom is 0.278 e. The predicted molar refractivity (Wildman–Crippen MR) is 82.5 cm³/mol. The molecular formula is C15H15N5O2. The Hall–Kier alpha value is -2.96. The summed E-state index contributed by atoms with van der Waals surface area (Å²) in [5.41, 5.74) is 7.69. The summed E-state index contributed by atoms with van der Waals surface area (Å²) in [7, 11) is 0. The van der Waals surface area contributed by atoms with Gasteiger partial charge < -0.3 is 15.5 Å². The fourth-order valence-corrected chi connectivity index (χ4v) is 1.98. The molecule has 0 unspecified atom stereocenters. The van der Waals surface area contributed by atoms with Crippen molar-refractivity contribution in [1.29, 1.82) is 0 Å². The Morgan fingerprint density at radius 2 is 2.05 bits per heavy atom. The van der Waals surface area contributed by atoms with Gasteiger partial charge in [-0.1, -0.05) is 13.8 Å². The molecule has 0 atom stereocenters. The average molecular weight is 297 g/mol. The third-order valence-electron chi connectivity index (χ3n) is 3.10. The third-order valence-corrected chi connectivity index (χ3v) is 3.10. The first kappa shape index (κ1) is 14.0. The zero-order valence-corrected chi connectivity index (χ0v) is 12.2. The largest absolute Gasteiger partial charge is 0.440 e. The lowest BCUT2D eigenvalue weighted by Crippen LogP contribution is -2.16. The lowest BCUT2D eigenvalue weighted by atomic mass is 10.2. The Morgan fingerprint density at radius 1 is 1.27 bits per heavy atom. The highest BCUT2D eigenvalue weighted by molar-refractivity contribution is 6.06. The Kier molecular flexibility index (Phi) is 3.46. The van der Waals surface area contributed by atoms with Crippen molar-refractivity contribution in [2.75, 3.05) is 11.1 Å². The number of anilines is 2. The minimum atomic E-state index is -0.419. The topological polar surface area (TPSA) is 107 Å². The number of amides is 1. The Balaban J connectivity index is 1.88. The number of rotatable bonds is 3. The van der Waals surface area contributed by atoms with Gasteiger partial charge in [-0.3, -0.25) is 4.79 Å². The number of aromatic nitrogens is 3. The van der Waals surface area contributed by atoms with Crippen molar-refractivity contribution < 1.29 is 9.21 Å². The number of fused-ring (bicyclic) bond motifs is 1. The van der Waals surface area contributed by atoms with Crippen molar-refractivity contribution in [3.05, 3.63) is 42.2 Å². The quantitative estimate of drug-likeness (QED) is 0.769. The van der Waals surface area contributed by atoms with Crippen molar-refractivity contribution in [2.45, 2.75) is 19.8 Å². The predicted octanol–water partition coefficient (Wildman–Crippen LogP) is 2.58. The van der Waals surface area contributed by atoms with Gasteiger partial charge >= 0.3 is 0 Å². The van der Waals surface area contributed by atoms with E-state index in [0.29, 0.717) is 22.7 Å². The van der Waals surface area contributed by atoms with E-state index < -0.39 is 5.91 Å². The summed E-state index contributed by atoms with van der Waals surface area (Å²) in [5, 5.41) is 2.73. The van der Waals surface area contributed by atoms with Gasteiger partial charge in [-0.25, -0.2) is 15.0 Å². The number of hydrogen-bond acceptors (Lipinski definition) is 6. The fraction of sp³-hybridized carbons (Fsp3) is 0.200. The summed E-state index contributed by atoms with van der Waals surface area (Å²) < 4.78 is 5.63. The summed E-state index contributed by atoms with van der Waals surface area (Å²) in [5.74, 6) is 0.531. The molecule has 3 rings (SSSR count). The van der Waals surface area contributed by atoms with E-state index in [9.17, 15) is 4.79 Å². The van der Waals surface area contributed by atoms with Gasteiger partial charge in [0.1, 0.15) is 5.52 Å². The summed E-state index contributed by atoms with van der Waals surface area (Å²) >= 11 is 0.